The van der Waals surface area contributed by atoms with Crippen molar-refractivity contribution >= 4 is 23.2 Å². The van der Waals surface area contributed by atoms with Crippen molar-refractivity contribution in [2.45, 2.75) is 25.8 Å². The molecular weight excluding hydrogens is 288 g/mol. The molecule has 0 saturated carbocycles. The minimum atomic E-state index is -0.219. The monoisotopic (exact) mass is 306 g/mol. The summed E-state index contributed by atoms with van der Waals surface area (Å²) in [4.78, 5) is 24.0. The van der Waals surface area contributed by atoms with Crippen LogP contribution in [0.4, 0.5) is 0 Å². The Hall–Kier alpha value is -2.08. The van der Waals surface area contributed by atoms with Crippen molar-refractivity contribution in [3.63, 3.8) is 0 Å². The Kier molecular flexibility index (Phi) is 5.57. The molecule has 1 unspecified atom stereocenters. The fraction of sp³-hybridized carbons (Fsp3) is 0.333. The molecule has 0 aliphatic carbocycles. The van der Waals surface area contributed by atoms with E-state index in [0.717, 1.165) is 18.6 Å². The van der Waals surface area contributed by atoms with Crippen molar-refractivity contribution in [1.82, 2.24) is 10.6 Å². The molecule has 0 fully saturated rings. The number of hydrogen-bond donors (Lipinski definition) is 2. The lowest BCUT2D eigenvalue weighted by molar-refractivity contribution is -0.120. The van der Waals surface area contributed by atoms with E-state index >= 15 is 0 Å². The summed E-state index contributed by atoms with van der Waals surface area (Å²) in [6, 6.07) is 7.32. The van der Waals surface area contributed by atoms with E-state index in [1.807, 2.05) is 24.4 Å². The Morgan fingerprint density at radius 1 is 1.33 bits per heavy atom. The van der Waals surface area contributed by atoms with E-state index in [2.05, 4.69) is 10.6 Å². The predicted molar refractivity (Wildman–Crippen MR) is 81.3 cm³/mol. The van der Waals surface area contributed by atoms with Crippen LogP contribution in [0, 0.1) is 0 Å². The van der Waals surface area contributed by atoms with Crippen LogP contribution in [-0.2, 0) is 11.2 Å². The summed E-state index contributed by atoms with van der Waals surface area (Å²) < 4.78 is 5.24. The molecule has 0 aliphatic heterocycles. The average molecular weight is 306 g/mol. The zero-order chi connectivity index (χ0) is 15.1. The van der Waals surface area contributed by atoms with Crippen LogP contribution in [0.15, 0.2) is 40.3 Å². The lowest BCUT2D eigenvalue weighted by Crippen LogP contribution is -2.40. The van der Waals surface area contributed by atoms with Crippen molar-refractivity contribution in [2.24, 2.45) is 0 Å². The molecule has 2 heterocycles. The molecule has 21 heavy (non-hydrogen) atoms. The first-order chi connectivity index (χ1) is 10.1. The van der Waals surface area contributed by atoms with Gasteiger partial charge in [0.15, 0.2) is 0 Å². The minimum absolute atomic E-state index is 0.0121. The standard InChI is InChI=1S/C15H18N2O3S/c1-11(6-7-12-4-2-8-20-12)17-14(18)10-16-15(19)13-5-3-9-21-13/h2-5,8-9,11H,6-7,10H2,1H3,(H,16,19)(H,17,18). The van der Waals surface area contributed by atoms with Crippen molar-refractivity contribution in [3.8, 4) is 0 Å². The zero-order valence-corrected chi connectivity index (χ0v) is 12.6. The molecular formula is C15H18N2O3S. The molecule has 2 N–H and O–H groups in total. The summed E-state index contributed by atoms with van der Waals surface area (Å²) in [7, 11) is 0. The maximum Gasteiger partial charge on any atom is 0.261 e. The van der Waals surface area contributed by atoms with E-state index in [4.69, 9.17) is 4.42 Å². The van der Waals surface area contributed by atoms with Crippen LogP contribution in [0.25, 0.3) is 0 Å². The second kappa shape index (κ2) is 7.64. The molecule has 0 aliphatic rings. The molecule has 5 nitrogen and oxygen atoms in total. The molecule has 112 valence electrons. The van der Waals surface area contributed by atoms with Crippen LogP contribution in [0.1, 0.15) is 28.8 Å². The van der Waals surface area contributed by atoms with Gasteiger partial charge in [0.1, 0.15) is 5.76 Å². The van der Waals surface area contributed by atoms with Crippen molar-refractivity contribution in [2.75, 3.05) is 6.54 Å². The Balaban J connectivity index is 1.65. The highest BCUT2D eigenvalue weighted by molar-refractivity contribution is 7.12. The molecule has 0 radical (unpaired) electrons. The molecule has 1 atom stereocenters. The molecule has 0 bridgehead atoms. The largest absolute Gasteiger partial charge is 0.469 e. The summed E-state index contributed by atoms with van der Waals surface area (Å²) in [5, 5.41) is 7.28. The first kappa shape index (κ1) is 15.3. The fourth-order valence-electron chi connectivity index (χ4n) is 1.87. The fourth-order valence-corrected chi connectivity index (χ4v) is 2.51. The van der Waals surface area contributed by atoms with Gasteiger partial charge in [0.05, 0.1) is 17.7 Å². The van der Waals surface area contributed by atoms with Crippen LogP contribution in [0.5, 0.6) is 0 Å². The third kappa shape index (κ3) is 5.07. The average Bonchev–Trinajstić information content (AvgIpc) is 3.15. The Morgan fingerprint density at radius 3 is 2.86 bits per heavy atom. The van der Waals surface area contributed by atoms with E-state index in [-0.39, 0.29) is 24.4 Å². The predicted octanol–water partition coefficient (Wildman–Crippen LogP) is 2.21. The van der Waals surface area contributed by atoms with Gasteiger partial charge >= 0.3 is 0 Å². The highest BCUT2D eigenvalue weighted by Crippen LogP contribution is 2.07. The van der Waals surface area contributed by atoms with Gasteiger partial charge < -0.3 is 15.1 Å². The van der Waals surface area contributed by atoms with E-state index < -0.39 is 0 Å². The summed E-state index contributed by atoms with van der Waals surface area (Å²) in [6.45, 7) is 1.92. The van der Waals surface area contributed by atoms with E-state index in [1.54, 1.807) is 18.4 Å². The molecule has 2 rings (SSSR count). The summed E-state index contributed by atoms with van der Waals surface area (Å²) in [6.07, 6.45) is 3.20. The van der Waals surface area contributed by atoms with Gasteiger partial charge in [-0.05, 0) is 36.9 Å². The quantitative estimate of drug-likeness (QED) is 0.824. The number of nitrogens with one attached hydrogen (secondary N) is 2. The maximum absolute atomic E-state index is 11.7. The summed E-state index contributed by atoms with van der Waals surface area (Å²) in [5.74, 6) is 0.498. The Labute approximate surface area is 127 Å². The van der Waals surface area contributed by atoms with Gasteiger partial charge in [-0.3, -0.25) is 9.59 Å². The summed E-state index contributed by atoms with van der Waals surface area (Å²) in [5.41, 5.74) is 0. The molecule has 0 spiro atoms. The summed E-state index contributed by atoms with van der Waals surface area (Å²) >= 11 is 1.35. The van der Waals surface area contributed by atoms with Gasteiger partial charge in [-0.25, -0.2) is 0 Å². The number of hydrogen-bond acceptors (Lipinski definition) is 4. The van der Waals surface area contributed by atoms with Gasteiger partial charge in [0.2, 0.25) is 5.91 Å². The van der Waals surface area contributed by atoms with Crippen molar-refractivity contribution in [1.29, 1.82) is 0 Å². The molecule has 2 aromatic heterocycles. The molecule has 2 amide bonds. The van der Waals surface area contributed by atoms with Gasteiger partial charge in [-0.2, -0.15) is 0 Å². The van der Waals surface area contributed by atoms with E-state index in [0.29, 0.717) is 4.88 Å². The van der Waals surface area contributed by atoms with Crippen LogP contribution in [0.2, 0.25) is 0 Å². The number of rotatable bonds is 7. The Morgan fingerprint density at radius 2 is 2.19 bits per heavy atom. The first-order valence-electron chi connectivity index (χ1n) is 6.78. The molecule has 0 aromatic carbocycles. The number of thiophene rings is 1. The van der Waals surface area contributed by atoms with Gasteiger partial charge in [-0.1, -0.05) is 6.07 Å². The Bertz CT molecular complexity index is 564. The maximum atomic E-state index is 11.7. The second-order valence-corrected chi connectivity index (χ2v) is 5.69. The number of furan rings is 1. The zero-order valence-electron chi connectivity index (χ0n) is 11.8. The van der Waals surface area contributed by atoms with Crippen molar-refractivity contribution < 1.29 is 14.0 Å². The van der Waals surface area contributed by atoms with Gasteiger partial charge in [0, 0.05) is 12.5 Å². The first-order valence-corrected chi connectivity index (χ1v) is 7.66. The lowest BCUT2D eigenvalue weighted by Gasteiger charge is -2.13. The number of carbonyl (C=O) groups is 2. The number of carbonyl (C=O) groups excluding carboxylic acids is 2. The third-order valence-electron chi connectivity index (χ3n) is 2.97. The number of amides is 2. The SMILES string of the molecule is CC(CCc1ccco1)NC(=O)CNC(=O)c1cccs1. The molecule has 6 heteroatoms. The van der Waals surface area contributed by atoms with Crippen LogP contribution < -0.4 is 10.6 Å². The lowest BCUT2D eigenvalue weighted by atomic mass is 10.1. The topological polar surface area (TPSA) is 71.3 Å². The van der Waals surface area contributed by atoms with Crippen LogP contribution in [0.3, 0.4) is 0 Å². The van der Waals surface area contributed by atoms with E-state index in [1.165, 1.54) is 11.3 Å². The van der Waals surface area contributed by atoms with Crippen LogP contribution >= 0.6 is 11.3 Å². The second-order valence-electron chi connectivity index (χ2n) is 4.75. The van der Waals surface area contributed by atoms with E-state index in [9.17, 15) is 9.59 Å². The molecule has 0 saturated heterocycles. The third-order valence-corrected chi connectivity index (χ3v) is 3.83. The smallest absolute Gasteiger partial charge is 0.261 e. The van der Waals surface area contributed by atoms with Crippen molar-refractivity contribution in [3.05, 3.63) is 46.5 Å². The minimum Gasteiger partial charge on any atom is -0.469 e. The number of aryl methyl sites for hydroxylation is 1. The highest BCUT2D eigenvalue weighted by atomic mass is 32.1. The normalized spacial score (nSPS) is 11.9. The van der Waals surface area contributed by atoms with Crippen LogP contribution in [-0.4, -0.2) is 24.4 Å². The molecule has 2 aromatic rings. The highest BCUT2D eigenvalue weighted by Gasteiger charge is 2.11. The van der Waals surface area contributed by atoms with Gasteiger partial charge in [0.25, 0.3) is 5.91 Å². The van der Waals surface area contributed by atoms with Gasteiger partial charge in [-0.15, -0.1) is 11.3 Å².